The van der Waals surface area contributed by atoms with Crippen LogP contribution in [0.15, 0.2) is 0 Å². The van der Waals surface area contributed by atoms with Crippen molar-refractivity contribution < 1.29 is 26.3 Å². The monoisotopic (exact) mass is 236 g/mol. The van der Waals surface area contributed by atoms with E-state index in [1.165, 1.54) is 13.8 Å². The molecule has 0 radical (unpaired) electrons. The molecule has 0 unspecified atom stereocenters. The Bertz CT molecular complexity index is 179. The lowest BCUT2D eigenvalue weighted by atomic mass is 9.97. The predicted octanol–water partition coefficient (Wildman–Crippen LogP) is 4.49. The van der Waals surface area contributed by atoms with Crippen LogP contribution in [-0.4, -0.2) is 17.8 Å². The van der Waals surface area contributed by atoms with Crippen molar-refractivity contribution in [2.24, 2.45) is 0 Å². The van der Waals surface area contributed by atoms with Gasteiger partial charge in [-0.05, 0) is 0 Å². The fraction of sp³-hybridized carbons (Fsp3) is 1.00. The first-order valence-electron chi connectivity index (χ1n) is 4.76. The molecule has 15 heavy (non-hydrogen) atoms. The van der Waals surface area contributed by atoms with Crippen molar-refractivity contribution in [3.63, 3.8) is 0 Å². The third-order valence-electron chi connectivity index (χ3n) is 2.05. The van der Waals surface area contributed by atoms with Crippen LogP contribution < -0.4 is 0 Å². The fourth-order valence-electron chi connectivity index (χ4n) is 1.21. The second-order valence-electron chi connectivity index (χ2n) is 3.48. The van der Waals surface area contributed by atoms with E-state index in [2.05, 4.69) is 0 Å². The van der Waals surface area contributed by atoms with Crippen molar-refractivity contribution in [2.75, 3.05) is 0 Å². The van der Waals surface area contributed by atoms with Gasteiger partial charge in [0.25, 0.3) is 0 Å². The highest BCUT2D eigenvalue weighted by Crippen LogP contribution is 2.49. The molecule has 0 aliphatic heterocycles. The van der Waals surface area contributed by atoms with E-state index < -0.39 is 30.6 Å². The SMILES string of the molecule is CCCC(F)(F)C(F)(F)C(F)(F)CCC. The van der Waals surface area contributed by atoms with Gasteiger partial charge in [0.1, 0.15) is 0 Å². The summed E-state index contributed by atoms with van der Waals surface area (Å²) in [6.45, 7) is 2.48. The van der Waals surface area contributed by atoms with Crippen LogP contribution in [-0.2, 0) is 0 Å². The van der Waals surface area contributed by atoms with Crippen LogP contribution in [0.2, 0.25) is 0 Å². The van der Waals surface area contributed by atoms with Gasteiger partial charge < -0.3 is 0 Å². The van der Waals surface area contributed by atoms with Gasteiger partial charge in [0.15, 0.2) is 0 Å². The van der Waals surface area contributed by atoms with Gasteiger partial charge in [0.05, 0.1) is 0 Å². The minimum Gasteiger partial charge on any atom is -0.200 e. The van der Waals surface area contributed by atoms with Gasteiger partial charge in [-0.1, -0.05) is 26.7 Å². The van der Waals surface area contributed by atoms with Gasteiger partial charge in [-0.25, -0.2) is 0 Å². The molecule has 0 amide bonds. The summed E-state index contributed by atoms with van der Waals surface area (Å²) in [6, 6.07) is 0. The number of rotatable bonds is 6. The molecule has 0 heterocycles. The Morgan fingerprint density at radius 3 is 1.13 bits per heavy atom. The molecule has 0 saturated heterocycles. The second kappa shape index (κ2) is 4.61. The van der Waals surface area contributed by atoms with E-state index in [4.69, 9.17) is 0 Å². The Hall–Kier alpha value is -0.420. The average molecular weight is 236 g/mol. The number of hydrogen-bond donors (Lipinski definition) is 0. The molecule has 92 valence electrons. The molecule has 0 fully saturated rings. The van der Waals surface area contributed by atoms with E-state index in [1.54, 1.807) is 0 Å². The van der Waals surface area contributed by atoms with E-state index in [0.29, 0.717) is 0 Å². The van der Waals surface area contributed by atoms with Crippen LogP contribution in [0.1, 0.15) is 39.5 Å². The Kier molecular flexibility index (Phi) is 4.49. The summed E-state index contributed by atoms with van der Waals surface area (Å²) in [4.78, 5) is 0. The third-order valence-corrected chi connectivity index (χ3v) is 2.05. The van der Waals surface area contributed by atoms with Crippen LogP contribution in [0.4, 0.5) is 26.3 Å². The van der Waals surface area contributed by atoms with Crippen LogP contribution >= 0.6 is 0 Å². The Morgan fingerprint density at radius 1 is 0.667 bits per heavy atom. The molecule has 0 spiro atoms. The molecule has 0 aliphatic rings. The molecule has 0 aliphatic carbocycles. The molecule has 0 rings (SSSR count). The molecular weight excluding hydrogens is 222 g/mol. The summed E-state index contributed by atoms with van der Waals surface area (Å²) in [6.07, 6.45) is -3.02. The van der Waals surface area contributed by atoms with E-state index >= 15 is 0 Å². The van der Waals surface area contributed by atoms with Crippen molar-refractivity contribution in [3.8, 4) is 0 Å². The van der Waals surface area contributed by atoms with E-state index in [-0.39, 0.29) is 12.8 Å². The van der Waals surface area contributed by atoms with Gasteiger partial charge in [-0.2, -0.15) is 26.3 Å². The zero-order valence-corrected chi connectivity index (χ0v) is 8.60. The Balaban J connectivity index is 4.93. The molecule has 0 bridgehead atoms. The van der Waals surface area contributed by atoms with Crippen molar-refractivity contribution in [1.29, 1.82) is 0 Å². The largest absolute Gasteiger partial charge is 0.371 e. The highest BCUT2D eigenvalue weighted by molar-refractivity contribution is 4.95. The topological polar surface area (TPSA) is 0 Å². The molecule has 0 aromatic carbocycles. The lowest BCUT2D eigenvalue weighted by Crippen LogP contribution is -2.53. The summed E-state index contributed by atoms with van der Waals surface area (Å²) in [5.41, 5.74) is 0. The van der Waals surface area contributed by atoms with Gasteiger partial charge in [0, 0.05) is 12.8 Å². The van der Waals surface area contributed by atoms with Crippen molar-refractivity contribution >= 4 is 0 Å². The van der Waals surface area contributed by atoms with Crippen LogP contribution in [0, 0.1) is 0 Å². The molecule has 0 aromatic heterocycles. The molecule has 0 saturated carbocycles. The fourth-order valence-corrected chi connectivity index (χ4v) is 1.21. The lowest BCUT2D eigenvalue weighted by Gasteiger charge is -2.32. The highest BCUT2D eigenvalue weighted by Gasteiger charge is 2.69. The first-order valence-corrected chi connectivity index (χ1v) is 4.76. The summed E-state index contributed by atoms with van der Waals surface area (Å²) < 4.78 is 76.9. The van der Waals surface area contributed by atoms with Crippen molar-refractivity contribution in [3.05, 3.63) is 0 Å². The minimum atomic E-state index is -5.27. The van der Waals surface area contributed by atoms with Gasteiger partial charge in [-0.3, -0.25) is 0 Å². The maximum absolute atomic E-state index is 12.9. The predicted molar refractivity (Wildman–Crippen MR) is 44.7 cm³/mol. The molecule has 0 aromatic rings. The summed E-state index contributed by atoms with van der Waals surface area (Å²) >= 11 is 0. The molecular formula is C9H14F6. The van der Waals surface area contributed by atoms with Gasteiger partial charge in [0.2, 0.25) is 0 Å². The van der Waals surface area contributed by atoms with Gasteiger partial charge in [-0.15, -0.1) is 0 Å². The number of halogens is 6. The molecule has 0 atom stereocenters. The minimum absolute atomic E-state index is 0.273. The first-order chi connectivity index (χ1) is 6.62. The smallest absolute Gasteiger partial charge is 0.200 e. The Morgan fingerprint density at radius 2 is 0.933 bits per heavy atom. The third kappa shape index (κ3) is 2.78. The normalized spacial score (nSPS) is 14.4. The molecule has 0 N–H and O–H groups in total. The Labute approximate surface area is 84.7 Å². The zero-order valence-electron chi connectivity index (χ0n) is 8.60. The van der Waals surface area contributed by atoms with Crippen LogP contribution in [0.3, 0.4) is 0 Å². The first kappa shape index (κ1) is 14.6. The van der Waals surface area contributed by atoms with Crippen LogP contribution in [0.25, 0.3) is 0 Å². The number of alkyl halides is 6. The van der Waals surface area contributed by atoms with E-state index in [0.717, 1.165) is 0 Å². The van der Waals surface area contributed by atoms with E-state index in [1.807, 2.05) is 0 Å². The van der Waals surface area contributed by atoms with E-state index in [9.17, 15) is 26.3 Å². The summed E-state index contributed by atoms with van der Waals surface area (Å²) in [5, 5.41) is 0. The summed E-state index contributed by atoms with van der Waals surface area (Å²) in [5.74, 6) is -14.6. The summed E-state index contributed by atoms with van der Waals surface area (Å²) in [7, 11) is 0. The number of hydrogen-bond acceptors (Lipinski definition) is 0. The quantitative estimate of drug-likeness (QED) is 0.596. The van der Waals surface area contributed by atoms with Gasteiger partial charge >= 0.3 is 17.8 Å². The lowest BCUT2D eigenvalue weighted by molar-refractivity contribution is -0.312. The average Bonchev–Trinajstić information content (AvgIpc) is 2.03. The van der Waals surface area contributed by atoms with Crippen molar-refractivity contribution in [1.82, 2.24) is 0 Å². The molecule has 0 nitrogen and oxygen atoms in total. The maximum Gasteiger partial charge on any atom is 0.371 e. The standard InChI is InChI=1S/C9H14F6/c1-3-5-7(10,11)9(14,15)8(12,13)6-4-2/h3-6H2,1-2H3. The second-order valence-corrected chi connectivity index (χ2v) is 3.48. The zero-order chi connectivity index (χ0) is 12.3. The van der Waals surface area contributed by atoms with Crippen LogP contribution in [0.5, 0.6) is 0 Å². The van der Waals surface area contributed by atoms with Crippen molar-refractivity contribution in [2.45, 2.75) is 57.3 Å². The maximum atomic E-state index is 12.9. The highest BCUT2D eigenvalue weighted by atomic mass is 19.3. The molecule has 6 heteroatoms.